The molecule has 3 N–H and O–H groups in total. The number of H-pyrrole nitrogens is 1. The molecule has 1 saturated heterocycles. The quantitative estimate of drug-likeness (QED) is 0.603. The molecular formula is C22H30N2O7. The average molecular weight is 434 g/mol. The van der Waals surface area contributed by atoms with Gasteiger partial charge in [-0.2, -0.15) is 0 Å². The zero-order chi connectivity index (χ0) is 22.8. The van der Waals surface area contributed by atoms with Gasteiger partial charge in [0, 0.05) is 18.2 Å². The molecule has 0 saturated carbocycles. The van der Waals surface area contributed by atoms with Gasteiger partial charge < -0.3 is 24.4 Å². The van der Waals surface area contributed by atoms with Crippen LogP contribution in [0.25, 0.3) is 0 Å². The van der Waals surface area contributed by atoms with E-state index in [9.17, 15) is 19.8 Å². The first-order chi connectivity index (χ1) is 14.7. The number of para-hydroxylation sites is 1. The highest BCUT2D eigenvalue weighted by molar-refractivity contribution is 5.36. The van der Waals surface area contributed by atoms with Crippen molar-refractivity contribution in [2.45, 2.75) is 58.3 Å². The topological polar surface area (TPSA) is 123 Å². The zero-order valence-corrected chi connectivity index (χ0v) is 18.2. The van der Waals surface area contributed by atoms with Crippen molar-refractivity contribution < 1.29 is 24.4 Å². The van der Waals surface area contributed by atoms with Gasteiger partial charge in [-0.3, -0.25) is 14.3 Å². The lowest BCUT2D eigenvalue weighted by molar-refractivity contribution is -0.0471. The summed E-state index contributed by atoms with van der Waals surface area (Å²) in [5.41, 5.74) is -0.402. The van der Waals surface area contributed by atoms with E-state index in [0.29, 0.717) is 5.75 Å². The third-order valence-corrected chi connectivity index (χ3v) is 5.35. The second-order valence-corrected chi connectivity index (χ2v) is 8.73. The summed E-state index contributed by atoms with van der Waals surface area (Å²) in [6, 6.07) is 7.54. The standard InChI is InChI=1S/C22H30N2O7/c1-22(2,3)19(14-7-5-6-8-16(14)29-4)30-12-13-10-24(21(28)23-20(13)27)18-9-15(26)17(11-25)31-18/h5-8,10,15,17-19,25-26H,9,11-12H2,1-4H3,(H,23,27,28)/t15-,17+,18+,19?/m0/s1. The number of methoxy groups -OCH3 is 1. The van der Waals surface area contributed by atoms with Gasteiger partial charge in [0.25, 0.3) is 5.56 Å². The smallest absolute Gasteiger partial charge is 0.330 e. The van der Waals surface area contributed by atoms with Gasteiger partial charge in [0.05, 0.1) is 38.1 Å². The van der Waals surface area contributed by atoms with Crippen LogP contribution in [0.1, 0.15) is 50.7 Å². The number of rotatable bonds is 7. The summed E-state index contributed by atoms with van der Waals surface area (Å²) in [6.45, 7) is 5.67. The minimum Gasteiger partial charge on any atom is -0.496 e. The lowest BCUT2D eigenvalue weighted by atomic mass is 9.84. The number of aliphatic hydroxyl groups is 2. The number of ether oxygens (including phenoxy) is 3. The molecule has 4 atom stereocenters. The molecule has 0 bridgehead atoms. The van der Waals surface area contributed by atoms with Crippen molar-refractivity contribution in [3.05, 3.63) is 62.4 Å². The highest BCUT2D eigenvalue weighted by Crippen LogP contribution is 2.40. The Hall–Kier alpha value is -2.46. The van der Waals surface area contributed by atoms with Gasteiger partial charge in [0.1, 0.15) is 18.1 Å². The van der Waals surface area contributed by atoms with Crippen molar-refractivity contribution in [1.29, 1.82) is 0 Å². The van der Waals surface area contributed by atoms with E-state index in [4.69, 9.17) is 14.2 Å². The maximum absolute atomic E-state index is 12.4. The van der Waals surface area contributed by atoms with E-state index in [-0.39, 0.29) is 36.7 Å². The molecule has 1 fully saturated rings. The van der Waals surface area contributed by atoms with Gasteiger partial charge in [-0.05, 0) is 11.5 Å². The third kappa shape index (κ3) is 5.07. The highest BCUT2D eigenvalue weighted by atomic mass is 16.5. The van der Waals surface area contributed by atoms with Crippen molar-refractivity contribution in [3.63, 3.8) is 0 Å². The molecule has 2 heterocycles. The zero-order valence-electron chi connectivity index (χ0n) is 18.2. The van der Waals surface area contributed by atoms with Crippen LogP contribution in [-0.4, -0.2) is 45.7 Å². The van der Waals surface area contributed by atoms with Crippen LogP contribution < -0.4 is 16.0 Å². The van der Waals surface area contributed by atoms with E-state index in [0.717, 1.165) is 5.56 Å². The van der Waals surface area contributed by atoms with Crippen molar-refractivity contribution in [2.24, 2.45) is 5.41 Å². The SMILES string of the molecule is COc1ccccc1C(OCc1cn([C@H]2C[C@H](O)[C@@H](CO)O2)c(=O)[nH]c1=O)C(C)(C)C. The Bertz CT molecular complexity index is 1010. The molecule has 0 amide bonds. The summed E-state index contributed by atoms with van der Waals surface area (Å²) in [7, 11) is 1.59. The molecule has 31 heavy (non-hydrogen) atoms. The van der Waals surface area contributed by atoms with E-state index in [2.05, 4.69) is 4.98 Å². The Balaban J connectivity index is 1.88. The number of hydrogen-bond donors (Lipinski definition) is 3. The van der Waals surface area contributed by atoms with Crippen molar-refractivity contribution >= 4 is 0 Å². The third-order valence-electron chi connectivity index (χ3n) is 5.35. The molecule has 9 heteroatoms. The first-order valence-corrected chi connectivity index (χ1v) is 10.2. The number of nitrogens with one attached hydrogen (secondary N) is 1. The Labute approximate surface area is 180 Å². The molecule has 170 valence electrons. The lowest BCUT2D eigenvalue weighted by Gasteiger charge is -2.32. The fourth-order valence-electron chi connectivity index (χ4n) is 3.76. The molecule has 0 aliphatic carbocycles. The number of hydrogen-bond acceptors (Lipinski definition) is 7. The van der Waals surface area contributed by atoms with Crippen molar-refractivity contribution in [2.75, 3.05) is 13.7 Å². The average Bonchev–Trinajstić information content (AvgIpc) is 3.09. The number of aliphatic hydroxyl groups excluding tert-OH is 2. The number of benzene rings is 1. The van der Waals surface area contributed by atoms with Crippen molar-refractivity contribution in [3.8, 4) is 5.75 Å². The van der Waals surface area contributed by atoms with E-state index < -0.39 is 29.7 Å². The first kappa shape index (κ1) is 23.2. The van der Waals surface area contributed by atoms with Gasteiger partial charge in [-0.15, -0.1) is 0 Å². The minimum absolute atomic E-state index is 0.0473. The van der Waals surface area contributed by atoms with E-state index in [1.54, 1.807) is 7.11 Å². The number of nitrogens with zero attached hydrogens (tertiary/aromatic N) is 1. The van der Waals surface area contributed by atoms with Gasteiger partial charge in [0.2, 0.25) is 0 Å². The molecule has 1 aromatic carbocycles. The van der Waals surface area contributed by atoms with Crippen LogP contribution in [-0.2, 0) is 16.1 Å². The van der Waals surface area contributed by atoms with Crippen LogP contribution in [0.15, 0.2) is 40.1 Å². The molecule has 0 spiro atoms. The highest BCUT2D eigenvalue weighted by Gasteiger charge is 2.35. The predicted octanol–water partition coefficient (Wildman–Crippen LogP) is 1.49. The van der Waals surface area contributed by atoms with Crippen LogP contribution in [0.3, 0.4) is 0 Å². The van der Waals surface area contributed by atoms with Gasteiger partial charge in [-0.25, -0.2) is 4.79 Å². The molecule has 3 rings (SSSR count). The Kier molecular flexibility index (Phi) is 7.00. The summed E-state index contributed by atoms with van der Waals surface area (Å²) in [4.78, 5) is 27.0. The number of aromatic amines is 1. The Morgan fingerprint density at radius 2 is 2.00 bits per heavy atom. The molecule has 9 nitrogen and oxygen atoms in total. The van der Waals surface area contributed by atoms with E-state index in [1.807, 2.05) is 45.0 Å². The van der Waals surface area contributed by atoms with Crippen LogP contribution in [0.2, 0.25) is 0 Å². The monoisotopic (exact) mass is 434 g/mol. The number of aromatic nitrogens is 2. The molecule has 1 aromatic heterocycles. The van der Waals surface area contributed by atoms with E-state index >= 15 is 0 Å². The predicted molar refractivity (Wildman–Crippen MR) is 113 cm³/mol. The summed E-state index contributed by atoms with van der Waals surface area (Å²) in [5.74, 6) is 0.685. The van der Waals surface area contributed by atoms with Crippen LogP contribution in [0, 0.1) is 5.41 Å². The summed E-state index contributed by atoms with van der Waals surface area (Å²) in [6.07, 6.45) is -1.33. The molecule has 1 unspecified atom stereocenters. The first-order valence-electron chi connectivity index (χ1n) is 10.2. The minimum atomic E-state index is -0.899. The summed E-state index contributed by atoms with van der Waals surface area (Å²) >= 11 is 0. The summed E-state index contributed by atoms with van der Waals surface area (Å²) in [5, 5.41) is 19.2. The maximum atomic E-state index is 12.4. The summed E-state index contributed by atoms with van der Waals surface area (Å²) < 4.78 is 18.4. The van der Waals surface area contributed by atoms with Crippen LogP contribution in [0.5, 0.6) is 5.75 Å². The van der Waals surface area contributed by atoms with Crippen molar-refractivity contribution in [1.82, 2.24) is 9.55 Å². The molecular weight excluding hydrogens is 404 g/mol. The van der Waals surface area contributed by atoms with Gasteiger partial charge >= 0.3 is 5.69 Å². The van der Waals surface area contributed by atoms with Crippen LogP contribution >= 0.6 is 0 Å². The molecule has 1 aliphatic rings. The second kappa shape index (κ2) is 9.35. The normalized spacial score (nSPS) is 22.5. The Morgan fingerprint density at radius 3 is 2.61 bits per heavy atom. The molecule has 0 radical (unpaired) electrons. The second-order valence-electron chi connectivity index (χ2n) is 8.73. The molecule has 1 aliphatic heterocycles. The maximum Gasteiger partial charge on any atom is 0.330 e. The van der Waals surface area contributed by atoms with Gasteiger partial charge in [-0.1, -0.05) is 39.0 Å². The molecule has 2 aromatic rings. The van der Waals surface area contributed by atoms with Gasteiger partial charge in [0.15, 0.2) is 0 Å². The van der Waals surface area contributed by atoms with Crippen LogP contribution in [0.4, 0.5) is 0 Å². The Morgan fingerprint density at radius 1 is 1.29 bits per heavy atom. The largest absolute Gasteiger partial charge is 0.496 e. The fourth-order valence-corrected chi connectivity index (χ4v) is 3.76. The lowest BCUT2D eigenvalue weighted by Crippen LogP contribution is -2.35. The fraction of sp³-hybridized carbons (Fsp3) is 0.545. The van der Waals surface area contributed by atoms with E-state index in [1.165, 1.54) is 10.8 Å².